The molecule has 2 rings (SSSR count). The Morgan fingerprint density at radius 1 is 0.711 bits per heavy atom. The Kier molecular flexibility index (Phi) is 28.5. The van der Waals surface area contributed by atoms with Crippen molar-refractivity contribution in [2.24, 2.45) is 0 Å². The van der Waals surface area contributed by atoms with Crippen LogP contribution in [0.15, 0.2) is 23.0 Å². The number of hydrogen-bond acceptors (Lipinski definition) is 18. The predicted molar refractivity (Wildman–Crippen MR) is 101 cm³/mol. The number of hydrogen-bond donors (Lipinski definition) is 6. The van der Waals surface area contributed by atoms with Gasteiger partial charge >= 0.3 is 115 Å². The summed E-state index contributed by atoms with van der Waals surface area (Å²) >= 11 is 0. The third kappa shape index (κ3) is 15.4. The van der Waals surface area contributed by atoms with Crippen LogP contribution in [0.1, 0.15) is 0 Å². The predicted octanol–water partition coefficient (Wildman–Crippen LogP) is -14.3. The topological polar surface area (TPSA) is 433 Å². The zero-order valence-electron chi connectivity index (χ0n) is 19.1. The Labute approximate surface area is 297 Å². The summed E-state index contributed by atoms with van der Waals surface area (Å²) in [4.78, 5) is 21.9. The van der Waals surface area contributed by atoms with Crippen molar-refractivity contribution in [1.29, 1.82) is 0 Å². The number of carbonyl (C=O) groups is 2. The van der Waals surface area contributed by atoms with Crippen molar-refractivity contribution in [3.8, 4) is 0 Å². The summed E-state index contributed by atoms with van der Waals surface area (Å²) in [5.41, 5.74) is 0. The van der Waals surface area contributed by atoms with E-state index in [4.69, 9.17) is 20.4 Å². The molecule has 0 aliphatic carbocycles. The van der Waals surface area contributed by atoms with Crippen LogP contribution in [0, 0.1) is 0 Å². The molecule has 4 atom stereocenters. The van der Waals surface area contributed by atoms with Gasteiger partial charge in [0.2, 0.25) is 0 Å². The van der Waals surface area contributed by atoms with Gasteiger partial charge in [-0.1, -0.05) is 0 Å². The van der Waals surface area contributed by atoms with Crippen LogP contribution in [0.4, 0.5) is 0 Å². The second-order valence-electron chi connectivity index (χ2n) is 5.56. The molecule has 2 aliphatic heterocycles. The Hall–Kier alpha value is 0.393. The summed E-state index contributed by atoms with van der Waals surface area (Å²) in [6.45, 7) is -1.70. The van der Waals surface area contributed by atoms with E-state index in [1.165, 1.54) is 0 Å². The first-order valence-electron chi connectivity index (χ1n) is 7.69. The summed E-state index contributed by atoms with van der Waals surface area (Å²) in [7, 11) is -10.5. The van der Waals surface area contributed by atoms with Gasteiger partial charge in [0.15, 0.2) is 23.7 Å². The van der Waals surface area contributed by atoms with Crippen molar-refractivity contribution < 1.29 is 209 Å². The fraction of sp³-hybridized carbons (Fsp3) is 0.500. The zero-order valence-corrected chi connectivity index (χ0v) is 27.0. The zero-order chi connectivity index (χ0) is 25.0. The van der Waals surface area contributed by atoms with Gasteiger partial charge in [-0.3, -0.25) is 0 Å². The van der Waals surface area contributed by atoms with E-state index in [1.807, 2.05) is 0 Å². The number of carbonyl (C=O) groups excluding carboxylic acids is 2. The molecule has 0 aromatic heterocycles. The number of ether oxygens (including phenoxy) is 2. The second kappa shape index (κ2) is 21.1. The summed E-state index contributed by atoms with van der Waals surface area (Å²) < 4.78 is 76.9. The van der Waals surface area contributed by atoms with Crippen molar-refractivity contribution in [2.45, 2.75) is 24.4 Å². The number of cyclic esters (lactones) is 2. The maximum absolute atomic E-state index is 10.9. The van der Waals surface area contributed by atoms with Gasteiger partial charge in [-0.15, -0.1) is 0 Å². The van der Waals surface area contributed by atoms with Crippen LogP contribution in [0.25, 0.3) is 0 Å². The molecule has 38 heavy (non-hydrogen) atoms. The first-order valence-corrected chi connectivity index (χ1v) is 10.4. The molecule has 26 heteroatoms. The molecule has 14 N–H and O–H groups in total. The largest absolute Gasteiger partial charge is 1.00 e. The van der Waals surface area contributed by atoms with E-state index in [9.17, 15) is 45.7 Å². The Balaban J connectivity index is -0.000000116. The molecule has 0 unspecified atom stereocenters. The molecular weight excluding hydrogens is 638 g/mol. The van der Waals surface area contributed by atoms with Crippen LogP contribution in [0.5, 0.6) is 0 Å². The van der Waals surface area contributed by atoms with Gasteiger partial charge in [0, 0.05) is 0 Å². The Morgan fingerprint density at radius 3 is 1.13 bits per heavy atom. The molecule has 22 nitrogen and oxygen atoms in total. The van der Waals surface area contributed by atoms with E-state index in [2.05, 4.69) is 17.8 Å². The van der Waals surface area contributed by atoms with Crippen molar-refractivity contribution in [2.75, 3.05) is 13.2 Å². The van der Waals surface area contributed by atoms with Crippen LogP contribution in [0.3, 0.4) is 0 Å². The maximum Gasteiger partial charge on any atom is 1.00 e. The summed E-state index contributed by atoms with van der Waals surface area (Å²) in [6.07, 6.45) is -6.62. The van der Waals surface area contributed by atoms with E-state index in [1.54, 1.807) is 0 Å². The van der Waals surface area contributed by atoms with Gasteiger partial charge < -0.3 is 79.5 Å². The minimum atomic E-state index is -5.24. The summed E-state index contributed by atoms with van der Waals surface area (Å²) in [6, 6.07) is 0. The molecule has 0 fully saturated rings. The van der Waals surface area contributed by atoms with E-state index in [0.29, 0.717) is 0 Å². The molecule has 0 saturated heterocycles. The van der Waals surface area contributed by atoms with Gasteiger partial charge in [-0.05, 0) is 0 Å². The van der Waals surface area contributed by atoms with Gasteiger partial charge in [0.1, 0.15) is 12.2 Å². The fourth-order valence-corrected chi connectivity index (χ4v) is 2.70. The second-order valence-corrected chi connectivity index (χ2v) is 7.53. The van der Waals surface area contributed by atoms with Crippen molar-refractivity contribution in [1.82, 2.24) is 0 Å². The van der Waals surface area contributed by atoms with E-state index >= 15 is 0 Å². The normalized spacial score (nSPS) is 19.5. The molecule has 0 bridgehead atoms. The Morgan fingerprint density at radius 2 is 0.947 bits per heavy atom. The molecule has 0 aromatic carbocycles. The molecule has 0 saturated carbocycles. The minimum absolute atomic E-state index is 0. The summed E-state index contributed by atoms with van der Waals surface area (Å²) in [5.74, 6) is -7.40. The number of aliphatic hydroxyl groups excluding tert-OH is 6. The van der Waals surface area contributed by atoms with Crippen LogP contribution in [-0.2, 0) is 48.2 Å². The molecule has 2 heterocycles. The number of rotatable bonds is 8. The average Bonchev–Trinajstić information content (AvgIpc) is 3.10. The molecule has 0 aromatic rings. The number of esters is 2. The van der Waals surface area contributed by atoms with Gasteiger partial charge in [0.05, 0.1) is 13.2 Å². The van der Waals surface area contributed by atoms with Crippen molar-refractivity contribution >= 4 is 32.7 Å². The SMILES string of the molecule is O.O.O.O.O=C1O[C@H]([C@@H](O)CO)C(O)=C1OS(=O)(=O)[O-].O=C1O[C@H]([C@@H](O)CO)C(O)=C1OS(=O)(=O)[O-].[K+].[K+]. The Bertz CT molecular complexity index is 939. The van der Waals surface area contributed by atoms with Gasteiger partial charge in [-0.25, -0.2) is 26.4 Å². The first kappa shape index (κ1) is 51.2. The summed E-state index contributed by atoms with van der Waals surface area (Å²) in [5, 5.41) is 53.6. The van der Waals surface area contributed by atoms with Crippen LogP contribution in [0.2, 0.25) is 0 Å². The molecule has 216 valence electrons. The van der Waals surface area contributed by atoms with E-state index < -0.39 is 93.4 Å². The van der Waals surface area contributed by atoms with E-state index in [0.717, 1.165) is 0 Å². The number of aliphatic hydroxyl groups is 6. The average molecular weight is 661 g/mol. The third-order valence-electron chi connectivity index (χ3n) is 3.29. The van der Waals surface area contributed by atoms with E-state index in [-0.39, 0.29) is 125 Å². The minimum Gasteiger partial charge on any atom is -0.716 e. The fourth-order valence-electron chi connectivity index (χ4n) is 1.99. The van der Waals surface area contributed by atoms with Crippen LogP contribution < -0.4 is 103 Å². The molecular formula is C12H22K2O22S2. The monoisotopic (exact) mass is 660 g/mol. The van der Waals surface area contributed by atoms with Crippen LogP contribution in [-0.4, -0.2) is 128 Å². The molecule has 0 spiro atoms. The molecule has 2 aliphatic rings. The molecule has 0 amide bonds. The maximum atomic E-state index is 10.9. The standard InChI is InChI=1S/2C6H8O9S.2K.4H2O/c2*7-1-2(8)4-3(9)5(6(10)14-4)15-16(11,12)13;;;;;;/h2*2,4,7-9H,1H2,(H,11,12,13);;;4*1H2/q;;2*+1;;;;/p-2/t2*2-,4+;;;;;;/m00....../s1. The smallest absolute Gasteiger partial charge is 0.716 e. The van der Waals surface area contributed by atoms with Gasteiger partial charge in [0.25, 0.3) is 32.3 Å². The van der Waals surface area contributed by atoms with Crippen molar-refractivity contribution in [3.63, 3.8) is 0 Å². The first-order chi connectivity index (χ1) is 14.5. The third-order valence-corrected chi connectivity index (χ3v) is 4.03. The van der Waals surface area contributed by atoms with Gasteiger partial charge in [-0.2, -0.15) is 0 Å². The molecule has 0 radical (unpaired) electrons. The van der Waals surface area contributed by atoms with Crippen molar-refractivity contribution in [3.05, 3.63) is 23.0 Å². The van der Waals surface area contributed by atoms with Crippen LogP contribution >= 0.6 is 0 Å². The quantitative estimate of drug-likeness (QED) is 0.0608.